The number of carbonyl (C=O) groups excluding carboxylic acids is 1. The lowest BCUT2D eigenvalue weighted by Gasteiger charge is -2.26. The van der Waals surface area contributed by atoms with Crippen molar-refractivity contribution in [3.05, 3.63) is 10.6 Å². The molecule has 0 amide bonds. The van der Waals surface area contributed by atoms with Gasteiger partial charge in [-0.25, -0.2) is 9.78 Å². The summed E-state index contributed by atoms with van der Waals surface area (Å²) in [5.74, 6) is -0.302. The molecule has 0 unspecified atom stereocenters. The molecule has 1 aromatic heterocycles. The number of ether oxygens (including phenoxy) is 1. The van der Waals surface area contributed by atoms with Gasteiger partial charge in [-0.15, -0.1) is 0 Å². The smallest absolute Gasteiger partial charge is 0.350 e. The Morgan fingerprint density at radius 2 is 2.21 bits per heavy atom. The van der Waals surface area contributed by atoms with E-state index in [2.05, 4.69) is 16.6 Å². The highest BCUT2D eigenvalue weighted by atomic mass is 32.2. The monoisotopic (exact) mass is 300 g/mol. The summed E-state index contributed by atoms with van der Waals surface area (Å²) in [7, 11) is 1.40. The predicted octanol–water partition coefficient (Wildman–Crippen LogP) is 3.33. The average Bonchev–Trinajstić information content (AvgIpc) is 3.03. The number of aryl methyl sites for hydroxylation is 1. The molecular formula is C13H20N2O2S2. The summed E-state index contributed by atoms with van der Waals surface area (Å²) >= 11 is 3.32. The van der Waals surface area contributed by atoms with Gasteiger partial charge in [0.2, 0.25) is 0 Å². The number of nitrogens with zero attached hydrogens (tertiary/aromatic N) is 1. The van der Waals surface area contributed by atoms with Crippen LogP contribution in [-0.2, 0) is 4.74 Å². The van der Waals surface area contributed by atoms with Crippen LogP contribution in [0.1, 0.15) is 41.0 Å². The summed E-state index contributed by atoms with van der Waals surface area (Å²) in [4.78, 5) is 16.5. The number of carbonyl (C=O) groups is 1. The molecule has 1 fully saturated rings. The van der Waals surface area contributed by atoms with Gasteiger partial charge in [-0.1, -0.05) is 24.2 Å². The topological polar surface area (TPSA) is 51.2 Å². The minimum atomic E-state index is -0.302. The number of methoxy groups -OCH3 is 1. The van der Waals surface area contributed by atoms with Crippen LogP contribution < -0.4 is 5.32 Å². The number of rotatable bonds is 5. The summed E-state index contributed by atoms with van der Waals surface area (Å²) in [5.41, 5.74) is 0.740. The van der Waals surface area contributed by atoms with E-state index < -0.39 is 0 Å². The van der Waals surface area contributed by atoms with E-state index in [0.717, 1.165) is 17.4 Å². The summed E-state index contributed by atoms with van der Waals surface area (Å²) in [6.07, 6.45) is 7.32. The highest BCUT2D eigenvalue weighted by molar-refractivity contribution is 8.00. The summed E-state index contributed by atoms with van der Waals surface area (Å²) in [5, 5.41) is 4.22. The fourth-order valence-corrected chi connectivity index (χ4v) is 4.26. The van der Waals surface area contributed by atoms with Crippen molar-refractivity contribution in [1.29, 1.82) is 0 Å². The number of aromatic nitrogens is 1. The van der Waals surface area contributed by atoms with Crippen molar-refractivity contribution in [2.45, 2.75) is 37.4 Å². The number of hydrogen-bond acceptors (Lipinski definition) is 6. The van der Waals surface area contributed by atoms with Gasteiger partial charge in [0.1, 0.15) is 4.88 Å². The Labute approximate surface area is 122 Å². The molecule has 0 aliphatic heterocycles. The number of anilines is 1. The predicted molar refractivity (Wildman–Crippen MR) is 81.4 cm³/mol. The maximum absolute atomic E-state index is 11.5. The van der Waals surface area contributed by atoms with E-state index in [4.69, 9.17) is 4.74 Å². The van der Waals surface area contributed by atoms with Crippen molar-refractivity contribution in [1.82, 2.24) is 4.98 Å². The van der Waals surface area contributed by atoms with Crippen molar-refractivity contribution >= 4 is 34.2 Å². The van der Waals surface area contributed by atoms with Crippen LogP contribution >= 0.6 is 23.1 Å². The van der Waals surface area contributed by atoms with Crippen molar-refractivity contribution in [3.63, 3.8) is 0 Å². The molecule has 1 N–H and O–H groups in total. The third kappa shape index (κ3) is 3.23. The standard InChI is InChI=1S/C13H20N2O2S2/c1-9-10(11(16)17-2)19-12(15-9)14-8-13(18-3)6-4-5-7-13/h4-8H2,1-3H3,(H,14,15). The highest BCUT2D eigenvalue weighted by Gasteiger charge is 2.33. The fourth-order valence-electron chi connectivity index (χ4n) is 2.46. The zero-order chi connectivity index (χ0) is 13.9. The van der Waals surface area contributed by atoms with Crippen LogP contribution in [0.25, 0.3) is 0 Å². The fraction of sp³-hybridized carbons (Fsp3) is 0.692. The van der Waals surface area contributed by atoms with Gasteiger partial charge in [0.25, 0.3) is 0 Å². The Morgan fingerprint density at radius 1 is 1.53 bits per heavy atom. The molecule has 6 heteroatoms. The van der Waals surface area contributed by atoms with E-state index in [0.29, 0.717) is 9.62 Å². The summed E-state index contributed by atoms with van der Waals surface area (Å²) in [6.45, 7) is 2.76. The van der Waals surface area contributed by atoms with Crippen LogP contribution in [0.5, 0.6) is 0 Å². The molecule has 1 aliphatic carbocycles. The second-order valence-electron chi connectivity index (χ2n) is 4.87. The molecule has 1 aliphatic rings. The molecule has 0 atom stereocenters. The molecular weight excluding hydrogens is 280 g/mol. The van der Waals surface area contributed by atoms with Crippen LogP contribution in [0.15, 0.2) is 0 Å². The maximum atomic E-state index is 11.5. The Hall–Kier alpha value is -0.750. The number of thiazole rings is 1. The molecule has 19 heavy (non-hydrogen) atoms. The molecule has 2 rings (SSSR count). The van der Waals surface area contributed by atoms with Gasteiger partial charge < -0.3 is 10.1 Å². The number of nitrogens with one attached hydrogen (secondary N) is 1. The zero-order valence-corrected chi connectivity index (χ0v) is 13.2. The van der Waals surface area contributed by atoms with Gasteiger partial charge in [-0.05, 0) is 26.0 Å². The van der Waals surface area contributed by atoms with E-state index in [1.54, 1.807) is 0 Å². The van der Waals surface area contributed by atoms with E-state index in [1.807, 2.05) is 18.7 Å². The van der Waals surface area contributed by atoms with Gasteiger partial charge in [-0.2, -0.15) is 11.8 Å². The third-order valence-corrected chi connectivity index (χ3v) is 6.19. The molecule has 1 heterocycles. The largest absolute Gasteiger partial charge is 0.465 e. The summed E-state index contributed by atoms with van der Waals surface area (Å²) in [6, 6.07) is 0. The van der Waals surface area contributed by atoms with Crippen molar-refractivity contribution < 1.29 is 9.53 Å². The van der Waals surface area contributed by atoms with E-state index in [1.165, 1.54) is 44.1 Å². The SMILES string of the molecule is COC(=O)c1sc(NCC2(SC)CCCC2)nc1C. The van der Waals surface area contributed by atoms with Crippen LogP contribution in [0.2, 0.25) is 0 Å². The first-order chi connectivity index (χ1) is 9.10. The van der Waals surface area contributed by atoms with E-state index in [9.17, 15) is 4.79 Å². The number of thioether (sulfide) groups is 1. The first kappa shape index (κ1) is 14.7. The second kappa shape index (κ2) is 6.13. The van der Waals surface area contributed by atoms with Crippen molar-refractivity contribution in [3.8, 4) is 0 Å². The Balaban J connectivity index is 2.02. The van der Waals surface area contributed by atoms with Crippen LogP contribution in [0.3, 0.4) is 0 Å². The molecule has 0 radical (unpaired) electrons. The number of hydrogen-bond donors (Lipinski definition) is 1. The highest BCUT2D eigenvalue weighted by Crippen LogP contribution is 2.40. The average molecular weight is 300 g/mol. The number of esters is 1. The third-order valence-electron chi connectivity index (χ3n) is 3.68. The van der Waals surface area contributed by atoms with Crippen molar-refractivity contribution in [2.75, 3.05) is 25.2 Å². The molecule has 0 saturated heterocycles. The lowest BCUT2D eigenvalue weighted by molar-refractivity contribution is 0.0605. The lowest BCUT2D eigenvalue weighted by Crippen LogP contribution is -2.29. The van der Waals surface area contributed by atoms with Gasteiger partial charge in [0, 0.05) is 11.3 Å². The molecule has 0 spiro atoms. The van der Waals surface area contributed by atoms with E-state index >= 15 is 0 Å². The van der Waals surface area contributed by atoms with Crippen LogP contribution in [-0.4, -0.2) is 35.6 Å². The van der Waals surface area contributed by atoms with Gasteiger partial charge >= 0.3 is 5.97 Å². The minimum Gasteiger partial charge on any atom is -0.465 e. The first-order valence-electron chi connectivity index (χ1n) is 6.45. The zero-order valence-electron chi connectivity index (χ0n) is 11.6. The molecule has 1 aromatic rings. The second-order valence-corrected chi connectivity index (χ2v) is 7.15. The van der Waals surface area contributed by atoms with Crippen LogP contribution in [0.4, 0.5) is 5.13 Å². The Bertz CT molecular complexity index is 453. The lowest BCUT2D eigenvalue weighted by atomic mass is 10.1. The van der Waals surface area contributed by atoms with Gasteiger partial charge in [-0.3, -0.25) is 0 Å². The molecule has 106 valence electrons. The maximum Gasteiger partial charge on any atom is 0.350 e. The molecule has 0 aromatic carbocycles. The molecule has 1 saturated carbocycles. The quantitative estimate of drug-likeness (QED) is 0.845. The normalized spacial score (nSPS) is 17.4. The Morgan fingerprint density at radius 3 is 2.79 bits per heavy atom. The molecule has 0 bridgehead atoms. The summed E-state index contributed by atoms with van der Waals surface area (Å²) < 4.78 is 5.09. The first-order valence-corrected chi connectivity index (χ1v) is 8.49. The van der Waals surface area contributed by atoms with Gasteiger partial charge in [0.05, 0.1) is 12.8 Å². The van der Waals surface area contributed by atoms with Crippen molar-refractivity contribution in [2.24, 2.45) is 0 Å². The van der Waals surface area contributed by atoms with Crippen LogP contribution in [0, 0.1) is 6.92 Å². The molecule has 4 nitrogen and oxygen atoms in total. The van der Waals surface area contributed by atoms with E-state index in [-0.39, 0.29) is 5.97 Å². The minimum absolute atomic E-state index is 0.302. The Kier molecular flexibility index (Phi) is 4.73. The van der Waals surface area contributed by atoms with Gasteiger partial charge in [0.15, 0.2) is 5.13 Å².